The van der Waals surface area contributed by atoms with Gasteiger partial charge in [0.2, 0.25) is 0 Å². The molecule has 4 aromatic rings. The Bertz CT molecular complexity index is 1670. The summed E-state index contributed by atoms with van der Waals surface area (Å²) >= 11 is 0. The van der Waals surface area contributed by atoms with E-state index in [1.54, 1.807) is 61.5 Å². The molecule has 0 aromatic heterocycles. The molecule has 0 amide bonds. The first-order valence-corrected chi connectivity index (χ1v) is 14.0. The van der Waals surface area contributed by atoms with Crippen molar-refractivity contribution in [3.63, 3.8) is 0 Å². The van der Waals surface area contributed by atoms with Gasteiger partial charge in [-0.05, 0) is 49.7 Å². The van der Waals surface area contributed by atoms with Crippen LogP contribution in [0.1, 0.15) is 11.1 Å². The first kappa shape index (κ1) is 25.9. The lowest BCUT2D eigenvalue weighted by molar-refractivity contribution is -0.384. The maximum Gasteiger partial charge on any atom is 0.279 e. The van der Waals surface area contributed by atoms with Crippen LogP contribution in [-0.2, 0) is 20.0 Å². The Hall–Kier alpha value is -4.22. The van der Waals surface area contributed by atoms with Gasteiger partial charge in [0.25, 0.3) is 25.7 Å². The van der Waals surface area contributed by atoms with Gasteiger partial charge in [-0.25, -0.2) is 16.8 Å². The topological polar surface area (TPSA) is 135 Å². The van der Waals surface area contributed by atoms with Gasteiger partial charge in [0.15, 0.2) is 0 Å². The monoisotopic (exact) mass is 537 g/mol. The smallest absolute Gasteiger partial charge is 0.277 e. The largest absolute Gasteiger partial charge is 0.279 e. The van der Waals surface area contributed by atoms with Crippen molar-refractivity contribution >= 4 is 37.1 Å². The lowest BCUT2D eigenvalue weighted by atomic mass is 10.0. The third kappa shape index (κ3) is 5.79. The molecule has 0 atom stereocenters. The van der Waals surface area contributed by atoms with Gasteiger partial charge in [-0.1, -0.05) is 65.7 Å². The number of anilines is 2. The quantitative estimate of drug-likeness (QED) is 0.226. The van der Waals surface area contributed by atoms with Gasteiger partial charge in [0.05, 0.1) is 31.7 Å². The molecule has 9 nitrogen and oxygen atoms in total. The fourth-order valence-corrected chi connectivity index (χ4v) is 5.74. The molecule has 0 aliphatic heterocycles. The molecule has 0 aliphatic carbocycles. The Kier molecular flexibility index (Phi) is 7.01. The Labute approximate surface area is 215 Å². The molecule has 11 heteroatoms. The Morgan fingerprint density at radius 1 is 0.649 bits per heavy atom. The molecule has 0 aliphatic rings. The second-order valence-electron chi connectivity index (χ2n) is 8.38. The predicted octanol–water partition coefficient (Wildman–Crippen LogP) is 5.48. The molecule has 0 fully saturated rings. The van der Waals surface area contributed by atoms with E-state index < -0.39 is 30.7 Å². The van der Waals surface area contributed by atoms with E-state index in [2.05, 4.69) is 9.44 Å². The van der Waals surface area contributed by atoms with Crippen LogP contribution in [-0.4, -0.2) is 21.8 Å². The van der Waals surface area contributed by atoms with Crippen LogP contribution in [0.2, 0.25) is 0 Å². The third-order valence-corrected chi connectivity index (χ3v) is 8.33. The van der Waals surface area contributed by atoms with Gasteiger partial charge in [-0.2, -0.15) is 0 Å². The van der Waals surface area contributed by atoms with E-state index in [0.29, 0.717) is 5.56 Å². The van der Waals surface area contributed by atoms with E-state index >= 15 is 0 Å². The highest BCUT2D eigenvalue weighted by Gasteiger charge is 2.26. The number of aryl methyl sites for hydroxylation is 2. The van der Waals surface area contributed by atoms with Crippen LogP contribution >= 0.6 is 0 Å². The summed E-state index contributed by atoms with van der Waals surface area (Å²) in [6.07, 6.45) is 0. The average Bonchev–Trinajstić information content (AvgIpc) is 2.85. The minimum Gasteiger partial charge on any atom is -0.277 e. The number of nitrogens with zero attached hydrogens (tertiary/aromatic N) is 1. The van der Waals surface area contributed by atoms with Crippen molar-refractivity contribution in [1.82, 2.24) is 0 Å². The van der Waals surface area contributed by atoms with Gasteiger partial charge < -0.3 is 0 Å². The van der Waals surface area contributed by atoms with Gasteiger partial charge in [0.1, 0.15) is 0 Å². The molecule has 190 valence electrons. The summed E-state index contributed by atoms with van der Waals surface area (Å²) < 4.78 is 57.3. The van der Waals surface area contributed by atoms with Gasteiger partial charge in [-0.3, -0.25) is 19.6 Å². The summed E-state index contributed by atoms with van der Waals surface area (Å²) in [6.45, 7) is 3.61. The molecule has 4 aromatic carbocycles. The standard InChI is InChI=1S/C26H23N3O6S2/c1-18-8-12-21(13-9-18)36(32,33)27-24-16-23(20-6-4-3-5-7-20)26(29(30)31)17-25(24)28-37(34,35)22-14-10-19(2)11-15-22/h3-17,27-28H,1-2H3. The summed E-state index contributed by atoms with van der Waals surface area (Å²) in [7, 11) is -8.37. The highest BCUT2D eigenvalue weighted by Crippen LogP contribution is 2.39. The molecule has 0 saturated heterocycles. The van der Waals surface area contributed by atoms with Crippen molar-refractivity contribution in [3.8, 4) is 11.1 Å². The van der Waals surface area contributed by atoms with Crippen LogP contribution in [0.4, 0.5) is 17.1 Å². The molecule has 0 heterocycles. The third-order valence-electron chi connectivity index (χ3n) is 5.57. The van der Waals surface area contributed by atoms with E-state index in [9.17, 15) is 26.9 Å². The van der Waals surface area contributed by atoms with E-state index in [0.717, 1.165) is 17.2 Å². The van der Waals surface area contributed by atoms with E-state index in [4.69, 9.17) is 0 Å². The van der Waals surface area contributed by atoms with Gasteiger partial charge in [-0.15, -0.1) is 0 Å². The van der Waals surface area contributed by atoms with Crippen LogP contribution in [0.3, 0.4) is 0 Å². The molecule has 2 N–H and O–H groups in total. The van der Waals surface area contributed by atoms with E-state index in [1.807, 2.05) is 6.92 Å². The number of nitro benzene ring substituents is 1. The second-order valence-corrected chi connectivity index (χ2v) is 11.7. The summed E-state index contributed by atoms with van der Waals surface area (Å²) in [4.78, 5) is 11.2. The van der Waals surface area contributed by atoms with Crippen molar-refractivity contribution in [2.24, 2.45) is 0 Å². The number of sulfonamides is 2. The number of rotatable bonds is 8. The lowest BCUT2D eigenvalue weighted by Crippen LogP contribution is -2.18. The Balaban J connectivity index is 1.88. The van der Waals surface area contributed by atoms with Crippen LogP contribution in [0.25, 0.3) is 11.1 Å². The number of benzene rings is 4. The molecule has 0 spiro atoms. The first-order valence-electron chi connectivity index (χ1n) is 11.0. The first-order chi connectivity index (χ1) is 17.5. The van der Waals surface area contributed by atoms with Crippen molar-refractivity contribution < 1.29 is 21.8 Å². The minimum atomic E-state index is -4.21. The average molecular weight is 538 g/mol. The number of hydrogen-bond donors (Lipinski definition) is 2. The molecule has 37 heavy (non-hydrogen) atoms. The molecule has 0 unspecified atom stereocenters. The molecular weight excluding hydrogens is 514 g/mol. The molecule has 4 rings (SSSR count). The van der Waals surface area contributed by atoms with Crippen molar-refractivity contribution in [2.45, 2.75) is 23.6 Å². The lowest BCUT2D eigenvalue weighted by Gasteiger charge is -2.17. The van der Waals surface area contributed by atoms with Crippen LogP contribution in [0, 0.1) is 24.0 Å². The highest BCUT2D eigenvalue weighted by atomic mass is 32.2. The normalized spacial score (nSPS) is 11.6. The summed E-state index contributed by atoms with van der Waals surface area (Å²) in [5, 5.41) is 12.0. The van der Waals surface area contributed by atoms with E-state index in [1.165, 1.54) is 30.3 Å². The van der Waals surface area contributed by atoms with Crippen LogP contribution in [0.5, 0.6) is 0 Å². The van der Waals surface area contributed by atoms with Crippen molar-refractivity contribution in [2.75, 3.05) is 9.44 Å². The van der Waals surface area contributed by atoms with Crippen molar-refractivity contribution in [3.05, 3.63) is 112 Å². The number of nitrogens with one attached hydrogen (secondary N) is 2. The predicted molar refractivity (Wildman–Crippen MR) is 143 cm³/mol. The summed E-state index contributed by atoms with van der Waals surface area (Å²) in [5.74, 6) is 0. The van der Waals surface area contributed by atoms with Gasteiger partial charge >= 0.3 is 0 Å². The maximum atomic E-state index is 13.2. The van der Waals surface area contributed by atoms with Gasteiger partial charge in [0, 0.05) is 6.07 Å². The highest BCUT2D eigenvalue weighted by molar-refractivity contribution is 7.93. The fourth-order valence-electron chi connectivity index (χ4n) is 3.60. The molecule has 0 saturated carbocycles. The number of nitro groups is 1. The second kappa shape index (κ2) is 10.0. The van der Waals surface area contributed by atoms with Crippen LogP contribution in [0.15, 0.2) is 101 Å². The fraction of sp³-hybridized carbons (Fsp3) is 0.0769. The number of hydrogen-bond acceptors (Lipinski definition) is 6. The summed E-state index contributed by atoms with van der Waals surface area (Å²) in [6, 6.07) is 22.7. The molecule has 0 bridgehead atoms. The van der Waals surface area contributed by atoms with Crippen molar-refractivity contribution in [1.29, 1.82) is 0 Å². The molecule has 0 radical (unpaired) electrons. The Morgan fingerprint density at radius 3 is 1.51 bits per heavy atom. The zero-order chi connectivity index (χ0) is 26.8. The minimum absolute atomic E-state index is 0.0509. The maximum absolute atomic E-state index is 13.2. The summed E-state index contributed by atoms with van der Waals surface area (Å²) in [5.41, 5.74) is 1.42. The van der Waals surface area contributed by atoms with Crippen LogP contribution < -0.4 is 9.44 Å². The molecular formula is C26H23N3O6S2. The Morgan fingerprint density at radius 2 is 1.08 bits per heavy atom. The van der Waals surface area contributed by atoms with E-state index in [-0.39, 0.29) is 26.7 Å². The zero-order valence-corrected chi connectivity index (χ0v) is 21.5. The zero-order valence-electron chi connectivity index (χ0n) is 19.9. The SMILES string of the molecule is Cc1ccc(S(=O)(=O)Nc2cc(-c3ccccc3)c([N+](=O)[O-])cc2NS(=O)(=O)c2ccc(C)cc2)cc1.